The maximum absolute atomic E-state index is 11.5. The summed E-state index contributed by atoms with van der Waals surface area (Å²) in [6, 6.07) is 8.57. The van der Waals surface area contributed by atoms with Crippen LogP contribution in [0.15, 0.2) is 28.8 Å². The fraction of sp³-hybridized carbons (Fsp3) is 0.500. The van der Waals surface area contributed by atoms with E-state index in [4.69, 9.17) is 4.52 Å². The van der Waals surface area contributed by atoms with Gasteiger partial charge in [-0.25, -0.2) is 0 Å². The molecule has 2 heterocycles. The summed E-state index contributed by atoms with van der Waals surface area (Å²) in [5.41, 5.74) is 4.29. The topological polar surface area (TPSA) is 58.4 Å². The van der Waals surface area contributed by atoms with E-state index in [-0.39, 0.29) is 11.4 Å². The number of benzene rings is 1. The van der Waals surface area contributed by atoms with Crippen molar-refractivity contribution in [3.8, 4) is 11.1 Å². The van der Waals surface area contributed by atoms with Crippen LogP contribution in [0.2, 0.25) is 0 Å². The number of amides is 1. The summed E-state index contributed by atoms with van der Waals surface area (Å²) in [6.07, 6.45) is 2.13. The average Bonchev–Trinajstić information content (AvgIpc) is 2.85. The van der Waals surface area contributed by atoms with Crippen molar-refractivity contribution >= 4 is 5.91 Å². The molecule has 25 heavy (non-hydrogen) atoms. The zero-order valence-corrected chi connectivity index (χ0v) is 15.6. The summed E-state index contributed by atoms with van der Waals surface area (Å²) in [5, 5.41) is 7.18. The van der Waals surface area contributed by atoms with E-state index in [9.17, 15) is 4.79 Å². The van der Waals surface area contributed by atoms with Crippen molar-refractivity contribution < 1.29 is 9.32 Å². The molecule has 1 fully saturated rings. The molecule has 0 radical (unpaired) electrons. The van der Waals surface area contributed by atoms with Crippen molar-refractivity contribution in [2.24, 2.45) is 0 Å². The quantitative estimate of drug-likeness (QED) is 0.925. The summed E-state index contributed by atoms with van der Waals surface area (Å²) >= 11 is 0. The molecule has 1 aromatic carbocycles. The highest BCUT2D eigenvalue weighted by molar-refractivity contribution is 5.73. The van der Waals surface area contributed by atoms with Crippen molar-refractivity contribution in [1.29, 1.82) is 0 Å². The number of nitrogens with zero attached hydrogens (tertiary/aromatic N) is 2. The minimum absolute atomic E-state index is 0.0461. The molecule has 5 heteroatoms. The standard InChI is InChI=1S/C20H27N3O2/c1-14-19(15(2)25-22-14)18-8-5-7-17(11-18)12-23-10-6-9-20(4,13-23)21-16(3)24/h5,7-8,11H,6,9-10,12-13H2,1-4H3,(H,21,24). The van der Waals surface area contributed by atoms with Gasteiger partial charge in [-0.05, 0) is 57.4 Å². The predicted octanol–water partition coefficient (Wildman–Crippen LogP) is 3.45. The minimum Gasteiger partial charge on any atom is -0.361 e. The van der Waals surface area contributed by atoms with E-state index in [1.165, 1.54) is 5.56 Å². The number of carbonyl (C=O) groups excluding carboxylic acids is 1. The highest BCUT2D eigenvalue weighted by Gasteiger charge is 2.31. The first-order valence-electron chi connectivity index (χ1n) is 8.90. The molecule has 1 aliphatic heterocycles. The zero-order chi connectivity index (χ0) is 18.0. The number of piperidine rings is 1. The van der Waals surface area contributed by atoms with Gasteiger partial charge in [-0.3, -0.25) is 9.69 Å². The van der Waals surface area contributed by atoms with E-state index in [2.05, 4.69) is 46.6 Å². The van der Waals surface area contributed by atoms with Crippen LogP contribution in [0, 0.1) is 13.8 Å². The minimum atomic E-state index is -0.136. The monoisotopic (exact) mass is 341 g/mol. The van der Waals surface area contributed by atoms with E-state index >= 15 is 0 Å². The maximum Gasteiger partial charge on any atom is 0.217 e. The number of nitrogens with one attached hydrogen (secondary N) is 1. The molecule has 3 rings (SSSR count). The lowest BCUT2D eigenvalue weighted by Crippen LogP contribution is -2.56. The number of hydrogen-bond acceptors (Lipinski definition) is 4. The number of hydrogen-bond donors (Lipinski definition) is 1. The lowest BCUT2D eigenvalue weighted by molar-refractivity contribution is -0.121. The second-order valence-electron chi connectivity index (χ2n) is 7.46. The molecule has 0 saturated carbocycles. The first-order valence-corrected chi connectivity index (χ1v) is 8.90. The summed E-state index contributed by atoms with van der Waals surface area (Å²) in [7, 11) is 0. The van der Waals surface area contributed by atoms with Crippen LogP contribution in [0.25, 0.3) is 11.1 Å². The molecule has 0 aliphatic carbocycles. The van der Waals surface area contributed by atoms with Crippen LogP contribution in [0.1, 0.15) is 43.7 Å². The third-order valence-corrected chi connectivity index (χ3v) is 4.91. The fourth-order valence-corrected chi connectivity index (χ4v) is 3.98. The van der Waals surface area contributed by atoms with Gasteiger partial charge in [-0.2, -0.15) is 0 Å². The van der Waals surface area contributed by atoms with E-state index in [1.807, 2.05) is 13.8 Å². The smallest absolute Gasteiger partial charge is 0.217 e. The predicted molar refractivity (Wildman–Crippen MR) is 98.1 cm³/mol. The molecular weight excluding hydrogens is 314 g/mol. The lowest BCUT2D eigenvalue weighted by atomic mass is 9.90. The van der Waals surface area contributed by atoms with Gasteiger partial charge in [-0.15, -0.1) is 0 Å². The van der Waals surface area contributed by atoms with Gasteiger partial charge in [0.2, 0.25) is 5.91 Å². The lowest BCUT2D eigenvalue weighted by Gasteiger charge is -2.41. The van der Waals surface area contributed by atoms with Gasteiger partial charge in [0.25, 0.3) is 0 Å². The van der Waals surface area contributed by atoms with Crippen LogP contribution in [-0.2, 0) is 11.3 Å². The van der Waals surface area contributed by atoms with E-state index in [1.54, 1.807) is 6.92 Å². The van der Waals surface area contributed by atoms with Gasteiger partial charge in [0.05, 0.1) is 5.69 Å². The molecule has 0 bridgehead atoms. The molecule has 1 saturated heterocycles. The highest BCUT2D eigenvalue weighted by atomic mass is 16.5. The Morgan fingerprint density at radius 2 is 2.20 bits per heavy atom. The van der Waals surface area contributed by atoms with E-state index in [0.717, 1.165) is 55.1 Å². The van der Waals surface area contributed by atoms with Crippen molar-refractivity contribution in [1.82, 2.24) is 15.4 Å². The zero-order valence-electron chi connectivity index (χ0n) is 15.6. The Balaban J connectivity index is 1.75. The Kier molecular flexibility index (Phi) is 4.95. The van der Waals surface area contributed by atoms with Gasteiger partial charge in [0, 0.05) is 31.1 Å². The second-order valence-corrected chi connectivity index (χ2v) is 7.46. The van der Waals surface area contributed by atoms with Crippen molar-refractivity contribution in [2.45, 2.75) is 52.6 Å². The van der Waals surface area contributed by atoms with Crippen LogP contribution in [0.4, 0.5) is 0 Å². The Morgan fingerprint density at radius 3 is 2.88 bits per heavy atom. The van der Waals surface area contributed by atoms with Crippen molar-refractivity contribution in [3.63, 3.8) is 0 Å². The molecule has 134 valence electrons. The normalized spacial score (nSPS) is 21.3. The largest absolute Gasteiger partial charge is 0.361 e. The van der Waals surface area contributed by atoms with Crippen LogP contribution < -0.4 is 5.32 Å². The molecule has 1 amide bonds. The summed E-state index contributed by atoms with van der Waals surface area (Å²) < 4.78 is 5.30. The van der Waals surface area contributed by atoms with Gasteiger partial charge >= 0.3 is 0 Å². The first-order chi connectivity index (χ1) is 11.9. The molecule has 2 aromatic rings. The molecule has 1 atom stereocenters. The van der Waals surface area contributed by atoms with Gasteiger partial charge in [0.15, 0.2) is 0 Å². The molecule has 1 N–H and O–H groups in total. The Morgan fingerprint density at radius 1 is 1.40 bits per heavy atom. The van der Waals surface area contributed by atoms with Crippen molar-refractivity contribution in [2.75, 3.05) is 13.1 Å². The Bertz CT molecular complexity index is 749. The number of aryl methyl sites for hydroxylation is 2. The summed E-state index contributed by atoms with van der Waals surface area (Å²) in [4.78, 5) is 13.9. The van der Waals surface area contributed by atoms with Crippen LogP contribution in [-0.4, -0.2) is 34.6 Å². The average molecular weight is 341 g/mol. The van der Waals surface area contributed by atoms with E-state index < -0.39 is 0 Å². The molecule has 1 aromatic heterocycles. The highest BCUT2D eigenvalue weighted by Crippen LogP contribution is 2.28. The van der Waals surface area contributed by atoms with Crippen LogP contribution in [0.3, 0.4) is 0 Å². The molecular formula is C20H27N3O2. The fourth-order valence-electron chi connectivity index (χ4n) is 3.98. The molecule has 0 spiro atoms. The molecule has 1 aliphatic rings. The SMILES string of the molecule is CC(=O)NC1(C)CCCN(Cc2cccc(-c3c(C)noc3C)c2)C1. The Hall–Kier alpha value is -2.14. The first kappa shape index (κ1) is 17.7. The van der Waals surface area contributed by atoms with Gasteiger partial charge in [0.1, 0.15) is 5.76 Å². The second kappa shape index (κ2) is 7.00. The van der Waals surface area contributed by atoms with Crippen LogP contribution >= 0.6 is 0 Å². The van der Waals surface area contributed by atoms with Gasteiger partial charge < -0.3 is 9.84 Å². The number of carbonyl (C=O) groups is 1. The number of aromatic nitrogens is 1. The third-order valence-electron chi connectivity index (χ3n) is 4.91. The Labute approximate surface area is 149 Å². The molecule has 5 nitrogen and oxygen atoms in total. The van der Waals surface area contributed by atoms with E-state index in [0.29, 0.717) is 0 Å². The number of rotatable bonds is 4. The third kappa shape index (κ3) is 4.10. The van der Waals surface area contributed by atoms with Gasteiger partial charge in [-0.1, -0.05) is 23.4 Å². The van der Waals surface area contributed by atoms with Crippen molar-refractivity contribution in [3.05, 3.63) is 41.3 Å². The maximum atomic E-state index is 11.5. The van der Waals surface area contributed by atoms with Crippen LogP contribution in [0.5, 0.6) is 0 Å². The number of likely N-dealkylation sites (tertiary alicyclic amines) is 1. The summed E-state index contributed by atoms with van der Waals surface area (Å²) in [6.45, 7) is 10.5. The summed E-state index contributed by atoms with van der Waals surface area (Å²) in [5.74, 6) is 0.899. The molecule has 1 unspecified atom stereocenters.